The molecule has 2 aromatic carbocycles. The number of halogens is 1. The highest BCUT2D eigenvalue weighted by Gasteiger charge is 2.50. The van der Waals surface area contributed by atoms with Gasteiger partial charge in [-0.3, -0.25) is 9.59 Å². The minimum Gasteiger partial charge on any atom is -0.507 e. The normalized spacial score (nSPS) is 29.5. The molecular formula is C26H28ClNO11. The average molecular weight is 566 g/mol. The number of aliphatic carboxylic acids is 1. The molecule has 0 amide bonds. The Kier molecular flexibility index (Phi) is 7.40. The number of carboxylic acid groups (broad SMARTS) is 1. The highest BCUT2D eigenvalue weighted by Crippen LogP contribution is 2.52. The standard InChI is InChI=1S/C26H27NO11.ClH/c1-9-20(28)12(27)6-15(37-9)38-14-8-26(35,25(33)34)7-11-17(14)24(32)19-18(22(11)30)21(29)10-4-3-5-13(36-2)16(10)23(19)31;/h3-5,9,12,14-15,20,28,30,32,35H,6-8,27H2,1-2H3,(H,33,34);1H/t9?,12-,14?,15+,20-,26+;/m0./s1. The van der Waals surface area contributed by atoms with E-state index in [-0.39, 0.29) is 46.8 Å². The van der Waals surface area contributed by atoms with Crippen LogP contribution in [0.5, 0.6) is 17.2 Å². The van der Waals surface area contributed by atoms with Gasteiger partial charge < -0.3 is 45.5 Å². The predicted molar refractivity (Wildman–Crippen MR) is 135 cm³/mol. The van der Waals surface area contributed by atoms with E-state index in [9.17, 15) is 39.9 Å². The Morgan fingerprint density at radius 1 is 1.13 bits per heavy atom. The van der Waals surface area contributed by atoms with Crippen LogP contribution in [0.2, 0.25) is 0 Å². The van der Waals surface area contributed by atoms with E-state index in [2.05, 4.69) is 0 Å². The molecule has 1 heterocycles. The van der Waals surface area contributed by atoms with Crippen molar-refractivity contribution in [3.05, 3.63) is 51.6 Å². The molecule has 1 fully saturated rings. The third-order valence-electron chi connectivity index (χ3n) is 7.54. The molecular weight excluding hydrogens is 538 g/mol. The minimum atomic E-state index is -2.44. The van der Waals surface area contributed by atoms with Crippen LogP contribution in [0.1, 0.15) is 68.8 Å². The Morgan fingerprint density at radius 3 is 2.41 bits per heavy atom. The fraction of sp³-hybridized carbons (Fsp3) is 0.423. The first-order valence-corrected chi connectivity index (χ1v) is 12.0. The van der Waals surface area contributed by atoms with Crippen molar-refractivity contribution >= 4 is 29.9 Å². The monoisotopic (exact) mass is 565 g/mol. The molecule has 2 aliphatic carbocycles. The zero-order valence-corrected chi connectivity index (χ0v) is 21.7. The summed E-state index contributed by atoms with van der Waals surface area (Å²) in [6.45, 7) is 1.57. The third-order valence-corrected chi connectivity index (χ3v) is 7.54. The Balaban J connectivity index is 0.00000353. The molecule has 0 bridgehead atoms. The van der Waals surface area contributed by atoms with Crippen molar-refractivity contribution in [2.45, 2.75) is 62.4 Å². The van der Waals surface area contributed by atoms with Gasteiger partial charge in [-0.25, -0.2) is 4.79 Å². The number of aliphatic hydroxyl groups excluding tert-OH is 1. The van der Waals surface area contributed by atoms with Gasteiger partial charge in [-0.15, -0.1) is 12.4 Å². The third kappa shape index (κ3) is 4.33. The molecule has 210 valence electrons. The number of methoxy groups -OCH3 is 1. The molecule has 2 aromatic rings. The van der Waals surface area contributed by atoms with Crippen LogP contribution >= 0.6 is 12.4 Å². The first-order valence-electron chi connectivity index (χ1n) is 12.0. The van der Waals surface area contributed by atoms with Crippen LogP contribution in [-0.4, -0.2) is 80.3 Å². The van der Waals surface area contributed by atoms with Gasteiger partial charge in [-0.05, 0) is 13.0 Å². The van der Waals surface area contributed by atoms with Crippen LogP contribution < -0.4 is 10.5 Å². The number of ketones is 2. The largest absolute Gasteiger partial charge is 0.507 e. The quantitative estimate of drug-likeness (QED) is 0.244. The van der Waals surface area contributed by atoms with E-state index in [0.29, 0.717) is 0 Å². The summed E-state index contributed by atoms with van der Waals surface area (Å²) in [5.74, 6) is -4.52. The molecule has 5 rings (SSSR count). The Labute approximate surface area is 228 Å². The number of rotatable bonds is 4. The number of aliphatic hydroxyl groups is 2. The highest BCUT2D eigenvalue weighted by atomic mass is 35.5. The van der Waals surface area contributed by atoms with E-state index in [1.165, 1.54) is 25.3 Å². The van der Waals surface area contributed by atoms with Crippen molar-refractivity contribution in [1.82, 2.24) is 0 Å². The first kappa shape index (κ1) is 28.7. The molecule has 0 aromatic heterocycles. The lowest BCUT2D eigenvalue weighted by molar-refractivity contribution is -0.248. The Bertz CT molecular complexity index is 1370. The number of ether oxygens (including phenoxy) is 3. The van der Waals surface area contributed by atoms with Crippen molar-refractivity contribution in [3.8, 4) is 17.2 Å². The lowest BCUT2D eigenvalue weighted by atomic mass is 9.73. The topological polar surface area (TPSA) is 206 Å². The number of phenols is 2. The zero-order valence-electron chi connectivity index (χ0n) is 20.9. The van der Waals surface area contributed by atoms with Crippen molar-refractivity contribution in [2.24, 2.45) is 5.73 Å². The number of phenolic OH excluding ortho intramolecular Hbond substituents is 2. The zero-order chi connectivity index (χ0) is 27.7. The maximum absolute atomic E-state index is 13.6. The second kappa shape index (κ2) is 10.0. The molecule has 39 heavy (non-hydrogen) atoms. The van der Waals surface area contributed by atoms with Gasteiger partial charge in [0.1, 0.15) is 17.2 Å². The molecule has 0 spiro atoms. The summed E-state index contributed by atoms with van der Waals surface area (Å²) in [5, 5.41) is 53.5. The highest BCUT2D eigenvalue weighted by molar-refractivity contribution is 6.31. The predicted octanol–water partition coefficient (Wildman–Crippen LogP) is 0.946. The number of hydrogen-bond acceptors (Lipinski definition) is 11. The van der Waals surface area contributed by atoms with E-state index >= 15 is 0 Å². The maximum Gasteiger partial charge on any atom is 0.336 e. The summed E-state index contributed by atoms with van der Waals surface area (Å²) in [7, 11) is 1.32. The van der Waals surface area contributed by atoms with Crippen LogP contribution in [-0.2, 0) is 20.7 Å². The molecule has 0 radical (unpaired) electrons. The van der Waals surface area contributed by atoms with Gasteiger partial charge >= 0.3 is 5.97 Å². The van der Waals surface area contributed by atoms with Gasteiger partial charge in [-0.2, -0.15) is 0 Å². The van der Waals surface area contributed by atoms with E-state index < -0.39 is 89.2 Å². The van der Waals surface area contributed by atoms with Gasteiger partial charge in [0.05, 0.1) is 42.1 Å². The molecule has 13 heteroatoms. The maximum atomic E-state index is 13.6. The molecule has 2 unspecified atom stereocenters. The minimum absolute atomic E-state index is 0. The molecule has 1 saturated heterocycles. The lowest BCUT2D eigenvalue weighted by Gasteiger charge is -2.41. The first-order chi connectivity index (χ1) is 17.9. The lowest BCUT2D eigenvalue weighted by Crippen LogP contribution is -2.52. The van der Waals surface area contributed by atoms with Gasteiger partial charge in [0, 0.05) is 42.0 Å². The van der Waals surface area contributed by atoms with Crippen LogP contribution in [0, 0.1) is 0 Å². The number of carboxylic acids is 1. The van der Waals surface area contributed by atoms with E-state index in [4.69, 9.17) is 19.9 Å². The van der Waals surface area contributed by atoms with E-state index in [1.807, 2.05) is 0 Å². The van der Waals surface area contributed by atoms with E-state index in [1.54, 1.807) is 6.92 Å². The molecule has 6 atom stereocenters. The summed E-state index contributed by atoms with van der Waals surface area (Å²) in [5.41, 5.74) is 1.98. The van der Waals surface area contributed by atoms with Crippen LogP contribution in [0.4, 0.5) is 0 Å². The van der Waals surface area contributed by atoms with Crippen LogP contribution in [0.15, 0.2) is 18.2 Å². The number of fused-ring (bicyclic) bond motifs is 3. The second-order valence-corrected chi connectivity index (χ2v) is 9.88. The second-order valence-electron chi connectivity index (χ2n) is 9.88. The Morgan fingerprint density at radius 2 is 1.79 bits per heavy atom. The van der Waals surface area contributed by atoms with Gasteiger partial charge in [0.15, 0.2) is 17.7 Å². The number of carbonyl (C=O) groups excluding carboxylic acids is 2. The number of aromatic hydroxyl groups is 2. The molecule has 12 nitrogen and oxygen atoms in total. The van der Waals surface area contributed by atoms with Gasteiger partial charge in [0.2, 0.25) is 5.78 Å². The molecule has 1 aliphatic heterocycles. The van der Waals surface area contributed by atoms with Crippen molar-refractivity contribution in [2.75, 3.05) is 7.11 Å². The van der Waals surface area contributed by atoms with Gasteiger partial charge in [-0.1, -0.05) is 12.1 Å². The van der Waals surface area contributed by atoms with Gasteiger partial charge in [0.25, 0.3) is 0 Å². The summed E-state index contributed by atoms with van der Waals surface area (Å²) >= 11 is 0. The average Bonchev–Trinajstić information content (AvgIpc) is 2.87. The fourth-order valence-electron chi connectivity index (χ4n) is 5.55. The molecule has 0 saturated carbocycles. The SMILES string of the molecule is COc1cccc2c1C(=O)c1c(O)c3c(c(O)c1C2=O)C[C@](O)(C(=O)O)CC3O[C@@H]1C[C@H](N)[C@@H](O)C(C)O1.Cl. The smallest absolute Gasteiger partial charge is 0.336 e. The number of hydrogen-bond donors (Lipinski definition) is 6. The Hall–Kier alpha value is -3.26. The summed E-state index contributed by atoms with van der Waals surface area (Å²) in [6, 6.07) is 3.60. The van der Waals surface area contributed by atoms with Crippen LogP contribution in [0.3, 0.4) is 0 Å². The number of nitrogens with two attached hydrogens (primary N) is 1. The summed E-state index contributed by atoms with van der Waals surface area (Å²) in [6.07, 6.45) is -5.42. The molecule has 3 aliphatic rings. The van der Waals surface area contributed by atoms with Crippen molar-refractivity contribution < 1.29 is 54.1 Å². The van der Waals surface area contributed by atoms with Crippen molar-refractivity contribution in [3.63, 3.8) is 0 Å². The number of benzene rings is 2. The molecule has 7 N–H and O–H groups in total. The van der Waals surface area contributed by atoms with Crippen molar-refractivity contribution in [1.29, 1.82) is 0 Å². The summed E-state index contributed by atoms with van der Waals surface area (Å²) < 4.78 is 16.9. The van der Waals surface area contributed by atoms with E-state index in [0.717, 1.165) is 0 Å². The fourth-order valence-corrected chi connectivity index (χ4v) is 5.55. The van der Waals surface area contributed by atoms with Crippen LogP contribution in [0.25, 0.3) is 0 Å². The number of carbonyl (C=O) groups is 3. The summed E-state index contributed by atoms with van der Waals surface area (Å²) in [4.78, 5) is 39.1.